The number of nitrogens with one attached hydrogen (secondary N) is 1. The number of rotatable bonds is 5. The molecule has 1 atom stereocenters. The summed E-state index contributed by atoms with van der Waals surface area (Å²) in [6.07, 6.45) is 0. The molecule has 6 heteroatoms. The van der Waals surface area contributed by atoms with E-state index < -0.39 is 0 Å². The van der Waals surface area contributed by atoms with Gasteiger partial charge in [0.25, 0.3) is 0 Å². The molecule has 24 heavy (non-hydrogen) atoms. The third-order valence-corrected chi connectivity index (χ3v) is 5.05. The lowest BCUT2D eigenvalue weighted by molar-refractivity contribution is -0.139. The number of carbonyl (C=O) groups is 1. The maximum Gasteiger partial charge on any atom is 0.316 e. The van der Waals surface area contributed by atoms with Gasteiger partial charge in [0.2, 0.25) is 0 Å². The molecule has 3 rings (SSSR count). The van der Waals surface area contributed by atoms with Gasteiger partial charge in [-0.15, -0.1) is 11.8 Å². The first-order valence-electron chi connectivity index (χ1n) is 7.72. The third-order valence-electron chi connectivity index (χ3n) is 3.59. The van der Waals surface area contributed by atoms with Crippen LogP contribution in [0.1, 0.15) is 12.5 Å². The number of hydrogen-bond donors (Lipinski definition) is 1. The fourth-order valence-electron chi connectivity index (χ4n) is 2.54. The van der Waals surface area contributed by atoms with Crippen molar-refractivity contribution in [3.05, 3.63) is 60.2 Å². The number of hydrogen-bond acceptors (Lipinski definition) is 5. The summed E-state index contributed by atoms with van der Waals surface area (Å²) in [4.78, 5) is 14.5. The van der Waals surface area contributed by atoms with Crippen molar-refractivity contribution in [3.63, 3.8) is 0 Å². The van der Waals surface area contributed by atoms with E-state index in [1.165, 1.54) is 11.8 Å². The van der Waals surface area contributed by atoms with Gasteiger partial charge in [0.05, 0.1) is 12.4 Å². The van der Waals surface area contributed by atoms with Crippen LogP contribution in [0.25, 0.3) is 0 Å². The van der Waals surface area contributed by atoms with Crippen molar-refractivity contribution in [1.29, 1.82) is 0 Å². The van der Waals surface area contributed by atoms with E-state index in [0.717, 1.165) is 21.9 Å². The van der Waals surface area contributed by atoms with Crippen LogP contribution < -0.4 is 10.2 Å². The van der Waals surface area contributed by atoms with E-state index in [1.54, 1.807) is 0 Å². The number of anilines is 2. The number of fused-ring (bicyclic) bond motifs is 1. The average Bonchev–Trinajstić information content (AvgIpc) is 2.61. The summed E-state index contributed by atoms with van der Waals surface area (Å²) in [5.41, 5.74) is 2.80. The van der Waals surface area contributed by atoms with Crippen molar-refractivity contribution in [2.45, 2.75) is 12.4 Å². The molecule has 0 radical (unpaired) electrons. The van der Waals surface area contributed by atoms with Crippen LogP contribution in [-0.4, -0.2) is 28.8 Å². The Morgan fingerprint density at radius 2 is 1.92 bits per heavy atom. The molecule has 124 valence electrons. The summed E-state index contributed by atoms with van der Waals surface area (Å²) >= 11 is 7.20. The highest BCUT2D eigenvalue weighted by molar-refractivity contribution is 8.00. The van der Waals surface area contributed by atoms with Crippen LogP contribution in [0, 0.1) is 0 Å². The molecule has 1 aliphatic rings. The van der Waals surface area contributed by atoms with Crippen molar-refractivity contribution in [3.8, 4) is 0 Å². The van der Waals surface area contributed by atoms with E-state index in [0.29, 0.717) is 6.61 Å². The molecular formula is C18H18N2O2S2. The molecular weight excluding hydrogens is 340 g/mol. The number of para-hydroxylation sites is 2. The normalized spacial score (nSPS) is 16.3. The molecule has 0 saturated heterocycles. The lowest BCUT2D eigenvalue weighted by atomic mass is 10.1. The molecule has 1 aliphatic heterocycles. The molecule has 0 bridgehead atoms. The number of esters is 1. The first-order valence-corrected chi connectivity index (χ1v) is 9.18. The molecule has 0 amide bonds. The highest BCUT2D eigenvalue weighted by Crippen LogP contribution is 2.34. The Bertz CT molecular complexity index is 737. The maximum atomic E-state index is 11.7. The molecule has 0 saturated carbocycles. The lowest BCUT2D eigenvalue weighted by Crippen LogP contribution is -2.47. The molecule has 1 N–H and O–H groups in total. The van der Waals surface area contributed by atoms with Gasteiger partial charge in [0, 0.05) is 16.9 Å². The minimum atomic E-state index is -0.220. The van der Waals surface area contributed by atoms with Gasteiger partial charge in [0.1, 0.15) is 4.99 Å². The van der Waals surface area contributed by atoms with Gasteiger partial charge in [-0.25, -0.2) is 0 Å². The van der Waals surface area contributed by atoms with Gasteiger partial charge in [-0.2, -0.15) is 0 Å². The molecule has 0 aliphatic carbocycles. The monoisotopic (exact) mass is 358 g/mol. The van der Waals surface area contributed by atoms with E-state index >= 15 is 0 Å². The fourth-order valence-corrected chi connectivity index (χ4v) is 3.96. The molecule has 0 aromatic heterocycles. The largest absolute Gasteiger partial charge is 0.465 e. The van der Waals surface area contributed by atoms with Gasteiger partial charge in [-0.1, -0.05) is 42.5 Å². The van der Waals surface area contributed by atoms with Gasteiger partial charge >= 0.3 is 5.97 Å². The maximum absolute atomic E-state index is 11.7. The zero-order chi connectivity index (χ0) is 16.9. The predicted molar refractivity (Wildman–Crippen MR) is 104 cm³/mol. The highest BCUT2D eigenvalue weighted by atomic mass is 32.2. The van der Waals surface area contributed by atoms with Crippen molar-refractivity contribution in [2.75, 3.05) is 22.6 Å². The smallest absolute Gasteiger partial charge is 0.316 e. The molecule has 1 heterocycles. The lowest BCUT2D eigenvalue weighted by Gasteiger charge is -2.39. The Labute approximate surface area is 151 Å². The van der Waals surface area contributed by atoms with Crippen LogP contribution in [0.5, 0.6) is 0 Å². The van der Waals surface area contributed by atoms with Crippen LogP contribution in [0.4, 0.5) is 11.4 Å². The molecule has 2 aromatic rings. The first kappa shape index (κ1) is 16.8. The van der Waals surface area contributed by atoms with Crippen molar-refractivity contribution in [2.24, 2.45) is 0 Å². The summed E-state index contributed by atoms with van der Waals surface area (Å²) in [5.74, 6) is 0.0432. The van der Waals surface area contributed by atoms with Crippen LogP contribution in [0.2, 0.25) is 0 Å². The Morgan fingerprint density at radius 1 is 1.21 bits per heavy atom. The standard InChI is InChI=1S/C18H18N2O2S2/c1-2-22-16(21)12-24-18-19-15-11-7-6-10-14(15)17(23)20(18)13-8-4-3-5-9-13/h3-11,18-19H,2,12H2,1H3. The van der Waals surface area contributed by atoms with E-state index in [4.69, 9.17) is 17.0 Å². The Kier molecular flexibility index (Phi) is 5.37. The van der Waals surface area contributed by atoms with Crippen molar-refractivity contribution < 1.29 is 9.53 Å². The van der Waals surface area contributed by atoms with Gasteiger partial charge in [-0.3, -0.25) is 4.79 Å². The van der Waals surface area contributed by atoms with Gasteiger partial charge in [-0.05, 0) is 31.2 Å². The van der Waals surface area contributed by atoms with E-state index in [9.17, 15) is 4.79 Å². The summed E-state index contributed by atoms with van der Waals surface area (Å²) in [6.45, 7) is 2.20. The van der Waals surface area contributed by atoms with Crippen molar-refractivity contribution in [1.82, 2.24) is 0 Å². The highest BCUT2D eigenvalue weighted by Gasteiger charge is 2.31. The summed E-state index contributed by atoms with van der Waals surface area (Å²) in [5, 5.41) is 3.47. The first-order chi connectivity index (χ1) is 11.7. The van der Waals surface area contributed by atoms with Crippen LogP contribution in [-0.2, 0) is 9.53 Å². The van der Waals surface area contributed by atoms with E-state index in [-0.39, 0.29) is 17.2 Å². The van der Waals surface area contributed by atoms with Crippen LogP contribution in [0.15, 0.2) is 54.6 Å². The summed E-state index contributed by atoms with van der Waals surface area (Å²) < 4.78 is 5.03. The van der Waals surface area contributed by atoms with Gasteiger partial charge < -0.3 is 15.0 Å². The quantitative estimate of drug-likeness (QED) is 0.646. The van der Waals surface area contributed by atoms with E-state index in [1.807, 2.05) is 66.4 Å². The van der Waals surface area contributed by atoms with Gasteiger partial charge in [0.15, 0.2) is 5.50 Å². The Morgan fingerprint density at radius 3 is 2.67 bits per heavy atom. The van der Waals surface area contributed by atoms with Crippen molar-refractivity contribution >= 4 is 46.3 Å². The fraction of sp³-hybridized carbons (Fsp3) is 0.222. The number of carbonyl (C=O) groups excluding carboxylic acids is 1. The minimum absolute atomic E-state index is 0.167. The zero-order valence-electron chi connectivity index (χ0n) is 13.3. The second kappa shape index (κ2) is 7.68. The topological polar surface area (TPSA) is 41.6 Å². The number of thioether (sulfide) groups is 1. The SMILES string of the molecule is CCOC(=O)CSC1Nc2ccccc2C(=S)N1c1ccccc1. The van der Waals surface area contributed by atoms with Crippen LogP contribution in [0.3, 0.4) is 0 Å². The predicted octanol–water partition coefficient (Wildman–Crippen LogP) is 3.87. The number of ether oxygens (including phenoxy) is 1. The zero-order valence-corrected chi connectivity index (χ0v) is 14.9. The molecule has 4 nitrogen and oxygen atoms in total. The second-order valence-corrected chi connectivity index (χ2v) is 6.62. The number of thiocarbonyl (C=S) groups is 1. The molecule has 2 aromatic carbocycles. The number of benzene rings is 2. The summed E-state index contributed by atoms with van der Waals surface area (Å²) in [7, 11) is 0. The van der Waals surface area contributed by atoms with E-state index in [2.05, 4.69) is 5.32 Å². The molecule has 0 fully saturated rings. The molecule has 0 spiro atoms. The Balaban J connectivity index is 1.89. The Hall–Kier alpha value is -2.05. The molecule has 1 unspecified atom stereocenters. The summed E-state index contributed by atoms with van der Waals surface area (Å²) in [6, 6.07) is 17.9. The van der Waals surface area contributed by atoms with Crippen LogP contribution >= 0.6 is 24.0 Å². The third kappa shape index (κ3) is 3.55. The number of nitrogens with zero attached hydrogens (tertiary/aromatic N) is 1. The average molecular weight is 358 g/mol. The minimum Gasteiger partial charge on any atom is -0.465 e. The second-order valence-electron chi connectivity index (χ2n) is 5.17.